The highest BCUT2D eigenvalue weighted by Crippen LogP contribution is 2.40. The molecular weight excluding hydrogens is 178 g/mol. The SMILES string of the molecule is COc1ccc2c(c1)C(CN)CC2O. The second-order valence-electron chi connectivity index (χ2n) is 3.68. The maximum absolute atomic E-state index is 9.75. The Balaban J connectivity index is 2.42. The highest BCUT2D eigenvalue weighted by Gasteiger charge is 2.28. The first-order chi connectivity index (χ1) is 6.76. The number of benzene rings is 1. The summed E-state index contributed by atoms with van der Waals surface area (Å²) in [5.74, 6) is 1.10. The van der Waals surface area contributed by atoms with Crippen molar-refractivity contribution < 1.29 is 9.84 Å². The number of nitrogens with two attached hydrogens (primary N) is 1. The molecule has 1 aliphatic carbocycles. The van der Waals surface area contributed by atoms with E-state index in [0.717, 1.165) is 23.3 Å². The van der Waals surface area contributed by atoms with Gasteiger partial charge in [0, 0.05) is 0 Å². The number of aliphatic hydroxyl groups excluding tert-OH is 1. The Hall–Kier alpha value is -1.06. The predicted octanol–water partition coefficient (Wildman–Crippen LogP) is 1.17. The number of rotatable bonds is 2. The average Bonchev–Trinajstić information content (AvgIpc) is 2.55. The molecule has 0 spiro atoms. The molecule has 0 aliphatic heterocycles. The minimum atomic E-state index is -0.357. The lowest BCUT2D eigenvalue weighted by molar-refractivity contribution is 0.173. The maximum Gasteiger partial charge on any atom is 0.119 e. The Kier molecular flexibility index (Phi) is 2.44. The normalized spacial score (nSPS) is 24.8. The van der Waals surface area contributed by atoms with Crippen molar-refractivity contribution in [1.82, 2.24) is 0 Å². The van der Waals surface area contributed by atoms with Crippen molar-refractivity contribution in [3.8, 4) is 5.75 Å². The quantitative estimate of drug-likeness (QED) is 0.741. The lowest BCUT2D eigenvalue weighted by atomic mass is 10.0. The van der Waals surface area contributed by atoms with Gasteiger partial charge in [0.25, 0.3) is 0 Å². The van der Waals surface area contributed by atoms with Gasteiger partial charge in [0.05, 0.1) is 13.2 Å². The van der Waals surface area contributed by atoms with E-state index < -0.39 is 0 Å². The topological polar surface area (TPSA) is 55.5 Å². The molecule has 3 heteroatoms. The lowest BCUT2D eigenvalue weighted by Gasteiger charge is -2.08. The number of hydrogen-bond donors (Lipinski definition) is 2. The Morgan fingerprint density at radius 1 is 1.50 bits per heavy atom. The monoisotopic (exact) mass is 193 g/mol. The molecule has 1 aliphatic rings. The van der Waals surface area contributed by atoms with Gasteiger partial charge >= 0.3 is 0 Å². The molecule has 0 saturated heterocycles. The van der Waals surface area contributed by atoms with Crippen LogP contribution in [0.2, 0.25) is 0 Å². The Morgan fingerprint density at radius 3 is 2.93 bits per heavy atom. The first kappa shape index (κ1) is 9.49. The number of hydrogen-bond acceptors (Lipinski definition) is 3. The van der Waals surface area contributed by atoms with Crippen LogP contribution in [-0.2, 0) is 0 Å². The van der Waals surface area contributed by atoms with E-state index in [1.165, 1.54) is 0 Å². The fraction of sp³-hybridized carbons (Fsp3) is 0.455. The summed E-state index contributed by atoms with van der Waals surface area (Å²) in [7, 11) is 1.64. The first-order valence-corrected chi connectivity index (χ1v) is 4.82. The zero-order chi connectivity index (χ0) is 10.1. The molecule has 0 fully saturated rings. The van der Waals surface area contributed by atoms with Crippen molar-refractivity contribution in [2.45, 2.75) is 18.4 Å². The van der Waals surface area contributed by atoms with E-state index in [1.807, 2.05) is 18.2 Å². The van der Waals surface area contributed by atoms with E-state index in [4.69, 9.17) is 10.5 Å². The molecule has 0 amide bonds. The summed E-state index contributed by atoms with van der Waals surface area (Å²) in [6, 6.07) is 5.78. The average molecular weight is 193 g/mol. The van der Waals surface area contributed by atoms with Crippen LogP contribution < -0.4 is 10.5 Å². The summed E-state index contributed by atoms with van der Waals surface area (Å²) >= 11 is 0. The standard InChI is InChI=1S/C11H15NO2/c1-14-8-2-3-9-10(5-8)7(6-12)4-11(9)13/h2-3,5,7,11,13H,4,6,12H2,1H3. The third kappa shape index (κ3) is 1.38. The molecule has 1 aromatic rings. The summed E-state index contributed by atoms with van der Waals surface area (Å²) in [6.07, 6.45) is 0.378. The van der Waals surface area contributed by atoms with Gasteiger partial charge in [0.15, 0.2) is 0 Å². The van der Waals surface area contributed by atoms with Crippen molar-refractivity contribution >= 4 is 0 Å². The largest absolute Gasteiger partial charge is 0.497 e. The number of methoxy groups -OCH3 is 1. The molecule has 0 saturated carbocycles. The zero-order valence-corrected chi connectivity index (χ0v) is 8.23. The third-order valence-electron chi connectivity index (χ3n) is 2.89. The molecule has 76 valence electrons. The van der Waals surface area contributed by atoms with E-state index in [0.29, 0.717) is 6.54 Å². The van der Waals surface area contributed by atoms with Crippen molar-refractivity contribution in [3.05, 3.63) is 29.3 Å². The molecule has 2 rings (SSSR count). The predicted molar refractivity (Wildman–Crippen MR) is 54.4 cm³/mol. The van der Waals surface area contributed by atoms with Gasteiger partial charge in [-0.2, -0.15) is 0 Å². The van der Waals surface area contributed by atoms with Gasteiger partial charge < -0.3 is 15.6 Å². The minimum Gasteiger partial charge on any atom is -0.497 e. The minimum absolute atomic E-state index is 0.273. The van der Waals surface area contributed by atoms with E-state index in [1.54, 1.807) is 7.11 Å². The summed E-state index contributed by atoms with van der Waals surface area (Å²) in [4.78, 5) is 0. The molecule has 2 unspecified atom stereocenters. The molecule has 0 aromatic heterocycles. The molecular formula is C11H15NO2. The van der Waals surface area contributed by atoms with E-state index in [2.05, 4.69) is 0 Å². The van der Waals surface area contributed by atoms with Gasteiger partial charge in [-0.1, -0.05) is 6.07 Å². The van der Waals surface area contributed by atoms with Crippen LogP contribution in [0, 0.1) is 0 Å². The van der Waals surface area contributed by atoms with Crippen LogP contribution in [-0.4, -0.2) is 18.8 Å². The summed E-state index contributed by atoms with van der Waals surface area (Å²) < 4.78 is 5.15. The van der Waals surface area contributed by atoms with E-state index in [9.17, 15) is 5.11 Å². The lowest BCUT2D eigenvalue weighted by Crippen LogP contribution is -2.09. The van der Waals surface area contributed by atoms with Gasteiger partial charge in [-0.25, -0.2) is 0 Å². The summed E-state index contributed by atoms with van der Waals surface area (Å²) in [5.41, 5.74) is 7.79. The fourth-order valence-electron chi connectivity index (χ4n) is 2.08. The smallest absolute Gasteiger partial charge is 0.119 e. The van der Waals surface area contributed by atoms with Crippen LogP contribution in [0.1, 0.15) is 29.6 Å². The highest BCUT2D eigenvalue weighted by molar-refractivity contribution is 5.42. The van der Waals surface area contributed by atoms with Crippen LogP contribution in [0.3, 0.4) is 0 Å². The van der Waals surface area contributed by atoms with Crippen molar-refractivity contribution in [2.24, 2.45) is 5.73 Å². The molecule has 0 heterocycles. The first-order valence-electron chi connectivity index (χ1n) is 4.82. The molecule has 0 radical (unpaired) electrons. The van der Waals surface area contributed by atoms with Crippen LogP contribution >= 0.6 is 0 Å². The Labute approximate surface area is 83.5 Å². The number of aliphatic hydroxyl groups is 1. The van der Waals surface area contributed by atoms with Gasteiger partial charge in [-0.15, -0.1) is 0 Å². The van der Waals surface area contributed by atoms with E-state index in [-0.39, 0.29) is 12.0 Å². The van der Waals surface area contributed by atoms with Crippen molar-refractivity contribution in [1.29, 1.82) is 0 Å². The highest BCUT2D eigenvalue weighted by atomic mass is 16.5. The summed E-state index contributed by atoms with van der Waals surface area (Å²) in [5, 5.41) is 9.75. The van der Waals surface area contributed by atoms with Crippen molar-refractivity contribution in [2.75, 3.05) is 13.7 Å². The number of fused-ring (bicyclic) bond motifs is 1. The maximum atomic E-state index is 9.75. The molecule has 0 bridgehead atoms. The van der Waals surface area contributed by atoms with Gasteiger partial charge in [-0.3, -0.25) is 0 Å². The molecule has 3 N–H and O–H groups in total. The molecule has 1 aromatic carbocycles. The third-order valence-corrected chi connectivity index (χ3v) is 2.89. The molecule has 2 atom stereocenters. The van der Waals surface area contributed by atoms with Crippen LogP contribution in [0.5, 0.6) is 5.75 Å². The molecule has 14 heavy (non-hydrogen) atoms. The van der Waals surface area contributed by atoms with Crippen LogP contribution in [0.4, 0.5) is 0 Å². The zero-order valence-electron chi connectivity index (χ0n) is 8.23. The Morgan fingerprint density at radius 2 is 2.29 bits per heavy atom. The van der Waals surface area contributed by atoms with E-state index >= 15 is 0 Å². The van der Waals surface area contributed by atoms with Gasteiger partial charge in [-0.05, 0) is 42.1 Å². The van der Waals surface area contributed by atoms with Crippen molar-refractivity contribution in [3.63, 3.8) is 0 Å². The summed E-state index contributed by atoms with van der Waals surface area (Å²) in [6.45, 7) is 0.581. The second kappa shape index (κ2) is 3.59. The van der Waals surface area contributed by atoms with Crippen LogP contribution in [0.15, 0.2) is 18.2 Å². The second-order valence-corrected chi connectivity index (χ2v) is 3.68. The van der Waals surface area contributed by atoms with Gasteiger partial charge in [0.1, 0.15) is 5.75 Å². The molecule has 3 nitrogen and oxygen atoms in total. The fourth-order valence-corrected chi connectivity index (χ4v) is 2.08. The number of ether oxygens (including phenoxy) is 1. The Bertz CT molecular complexity index is 338. The van der Waals surface area contributed by atoms with Gasteiger partial charge in [0.2, 0.25) is 0 Å². The van der Waals surface area contributed by atoms with Crippen LogP contribution in [0.25, 0.3) is 0 Å².